The van der Waals surface area contributed by atoms with Gasteiger partial charge in [-0.15, -0.1) is 0 Å². The number of aliphatic carboxylic acids is 1. The lowest BCUT2D eigenvalue weighted by atomic mass is 9.83. The summed E-state index contributed by atoms with van der Waals surface area (Å²) < 4.78 is 0. The third-order valence-corrected chi connectivity index (χ3v) is 5.09. The van der Waals surface area contributed by atoms with E-state index in [0.717, 1.165) is 19.4 Å². The number of hydrogen-bond acceptors (Lipinski definition) is 2. The molecule has 20 heavy (non-hydrogen) atoms. The Bertz CT molecular complexity index is 364. The highest BCUT2D eigenvalue weighted by atomic mass is 16.4. The highest BCUT2D eigenvalue weighted by Crippen LogP contribution is 2.40. The van der Waals surface area contributed by atoms with E-state index >= 15 is 0 Å². The number of carboxylic acids is 1. The minimum Gasteiger partial charge on any atom is -0.481 e. The fourth-order valence-electron chi connectivity index (χ4n) is 3.52. The molecule has 0 aromatic carbocycles. The van der Waals surface area contributed by atoms with Crippen LogP contribution in [0, 0.1) is 11.3 Å². The van der Waals surface area contributed by atoms with E-state index in [1.54, 1.807) is 4.90 Å². The number of urea groups is 1. The second-order valence-electron chi connectivity index (χ2n) is 6.34. The van der Waals surface area contributed by atoms with E-state index in [1.807, 2.05) is 0 Å². The van der Waals surface area contributed by atoms with Gasteiger partial charge in [0.05, 0.1) is 5.92 Å². The molecule has 5 heteroatoms. The zero-order valence-corrected chi connectivity index (χ0v) is 12.4. The van der Waals surface area contributed by atoms with Crippen molar-refractivity contribution in [2.24, 2.45) is 11.3 Å². The largest absolute Gasteiger partial charge is 0.481 e. The Morgan fingerprint density at radius 2 is 2.00 bits per heavy atom. The molecule has 1 aliphatic carbocycles. The molecule has 2 fully saturated rings. The summed E-state index contributed by atoms with van der Waals surface area (Å²) >= 11 is 0. The van der Waals surface area contributed by atoms with Gasteiger partial charge in [0.15, 0.2) is 0 Å². The Kier molecular flexibility index (Phi) is 4.89. The molecule has 5 nitrogen and oxygen atoms in total. The summed E-state index contributed by atoms with van der Waals surface area (Å²) in [6.45, 7) is 3.95. The van der Waals surface area contributed by atoms with Gasteiger partial charge < -0.3 is 15.3 Å². The molecule has 1 unspecified atom stereocenters. The second-order valence-corrected chi connectivity index (χ2v) is 6.34. The molecule has 2 N–H and O–H groups in total. The molecule has 2 aliphatic rings. The van der Waals surface area contributed by atoms with Gasteiger partial charge in [0.2, 0.25) is 0 Å². The monoisotopic (exact) mass is 282 g/mol. The van der Waals surface area contributed by atoms with Gasteiger partial charge in [0.1, 0.15) is 0 Å². The molecule has 1 heterocycles. The highest BCUT2D eigenvalue weighted by Gasteiger charge is 2.33. The van der Waals surface area contributed by atoms with E-state index in [-0.39, 0.29) is 11.4 Å². The van der Waals surface area contributed by atoms with Crippen LogP contribution in [0.2, 0.25) is 0 Å². The fraction of sp³-hybridized carbons (Fsp3) is 0.867. The normalized spacial score (nSPS) is 25.4. The molecule has 0 aromatic heterocycles. The molecule has 1 atom stereocenters. The lowest BCUT2D eigenvalue weighted by molar-refractivity contribution is -0.143. The maximum absolute atomic E-state index is 12.2. The first-order valence-corrected chi connectivity index (χ1v) is 7.82. The maximum atomic E-state index is 12.2. The number of hydrogen-bond donors (Lipinski definition) is 2. The Hall–Kier alpha value is -1.26. The minimum absolute atomic E-state index is 0.0873. The Morgan fingerprint density at radius 3 is 2.60 bits per heavy atom. The first-order chi connectivity index (χ1) is 9.56. The summed E-state index contributed by atoms with van der Waals surface area (Å²) in [6.07, 6.45) is 7.47. The summed E-state index contributed by atoms with van der Waals surface area (Å²) in [5, 5.41) is 12.1. The number of carbonyl (C=O) groups is 2. The average molecular weight is 282 g/mol. The number of nitrogens with zero attached hydrogens (tertiary/aromatic N) is 1. The van der Waals surface area contributed by atoms with E-state index in [1.165, 1.54) is 25.7 Å². The van der Waals surface area contributed by atoms with Gasteiger partial charge >= 0.3 is 12.0 Å². The molecule has 0 aromatic rings. The van der Waals surface area contributed by atoms with Gasteiger partial charge in [0, 0.05) is 19.6 Å². The molecular formula is C15H26N2O3. The third-order valence-electron chi connectivity index (χ3n) is 5.09. The van der Waals surface area contributed by atoms with Crippen molar-refractivity contribution in [1.82, 2.24) is 10.2 Å². The van der Waals surface area contributed by atoms with Crippen LogP contribution in [0.1, 0.15) is 51.9 Å². The number of carbonyl (C=O) groups excluding carboxylic acids is 1. The fourth-order valence-corrected chi connectivity index (χ4v) is 3.52. The van der Waals surface area contributed by atoms with Crippen LogP contribution in [0.4, 0.5) is 4.79 Å². The SMILES string of the molecule is CCC1(CNC(=O)N2CCCC(C(=O)O)C2)CCCC1. The van der Waals surface area contributed by atoms with E-state index < -0.39 is 11.9 Å². The summed E-state index contributed by atoms with van der Waals surface area (Å²) in [6, 6.07) is -0.0873. The molecule has 0 radical (unpaired) electrons. The number of likely N-dealkylation sites (tertiary alicyclic amines) is 1. The second kappa shape index (κ2) is 6.46. The first kappa shape index (κ1) is 15.1. The number of rotatable bonds is 4. The smallest absolute Gasteiger partial charge is 0.317 e. The van der Waals surface area contributed by atoms with Crippen LogP contribution in [-0.4, -0.2) is 41.6 Å². The van der Waals surface area contributed by atoms with Gasteiger partial charge in [-0.25, -0.2) is 4.79 Å². The van der Waals surface area contributed by atoms with Crippen molar-refractivity contribution in [3.8, 4) is 0 Å². The van der Waals surface area contributed by atoms with Crippen molar-refractivity contribution >= 4 is 12.0 Å². The molecule has 1 saturated heterocycles. The predicted molar refractivity (Wildman–Crippen MR) is 76.5 cm³/mol. The standard InChI is InChI=1S/C15H26N2O3/c1-2-15(7-3-4-8-15)11-16-14(20)17-9-5-6-12(10-17)13(18)19/h12H,2-11H2,1H3,(H,16,20)(H,18,19). The van der Waals surface area contributed by atoms with E-state index in [2.05, 4.69) is 12.2 Å². The maximum Gasteiger partial charge on any atom is 0.317 e. The molecular weight excluding hydrogens is 256 g/mol. The quantitative estimate of drug-likeness (QED) is 0.832. The summed E-state index contributed by atoms with van der Waals surface area (Å²) in [7, 11) is 0. The predicted octanol–water partition coefficient (Wildman–Crippen LogP) is 2.46. The summed E-state index contributed by atoms with van der Waals surface area (Å²) in [5.41, 5.74) is 0.275. The van der Waals surface area contributed by atoms with Crippen LogP contribution in [0.15, 0.2) is 0 Å². The number of piperidine rings is 1. The highest BCUT2D eigenvalue weighted by molar-refractivity contribution is 5.76. The van der Waals surface area contributed by atoms with Crippen molar-refractivity contribution in [2.75, 3.05) is 19.6 Å². The van der Waals surface area contributed by atoms with Crippen LogP contribution >= 0.6 is 0 Å². The minimum atomic E-state index is -0.789. The van der Waals surface area contributed by atoms with Gasteiger partial charge in [-0.1, -0.05) is 19.8 Å². The average Bonchev–Trinajstić information content (AvgIpc) is 2.94. The first-order valence-electron chi connectivity index (χ1n) is 7.82. The molecule has 0 spiro atoms. The Morgan fingerprint density at radius 1 is 1.30 bits per heavy atom. The van der Waals surface area contributed by atoms with Crippen LogP contribution in [-0.2, 0) is 4.79 Å². The number of carboxylic acid groups (broad SMARTS) is 1. The van der Waals surface area contributed by atoms with Crippen LogP contribution in [0.5, 0.6) is 0 Å². The van der Waals surface area contributed by atoms with Crippen molar-refractivity contribution in [3.63, 3.8) is 0 Å². The van der Waals surface area contributed by atoms with Crippen LogP contribution in [0.3, 0.4) is 0 Å². The number of amides is 2. The van der Waals surface area contributed by atoms with Crippen LogP contribution < -0.4 is 5.32 Å². The summed E-state index contributed by atoms with van der Waals surface area (Å²) in [5.74, 6) is -1.19. The Balaban J connectivity index is 1.83. The summed E-state index contributed by atoms with van der Waals surface area (Å²) in [4.78, 5) is 24.9. The molecule has 1 aliphatic heterocycles. The van der Waals surface area contributed by atoms with E-state index in [9.17, 15) is 9.59 Å². The number of nitrogens with one attached hydrogen (secondary N) is 1. The molecule has 0 bridgehead atoms. The van der Waals surface area contributed by atoms with Gasteiger partial charge in [-0.05, 0) is 37.5 Å². The molecule has 2 rings (SSSR count). The lowest BCUT2D eigenvalue weighted by Crippen LogP contribution is -2.49. The zero-order chi connectivity index (χ0) is 14.6. The lowest BCUT2D eigenvalue weighted by Gasteiger charge is -2.33. The van der Waals surface area contributed by atoms with Crippen LogP contribution in [0.25, 0.3) is 0 Å². The van der Waals surface area contributed by atoms with Crippen molar-refractivity contribution < 1.29 is 14.7 Å². The van der Waals surface area contributed by atoms with E-state index in [4.69, 9.17) is 5.11 Å². The Labute approximate surface area is 120 Å². The molecule has 114 valence electrons. The van der Waals surface area contributed by atoms with Crippen molar-refractivity contribution in [3.05, 3.63) is 0 Å². The van der Waals surface area contributed by atoms with Gasteiger partial charge in [-0.3, -0.25) is 4.79 Å². The third kappa shape index (κ3) is 3.44. The van der Waals surface area contributed by atoms with Gasteiger partial charge in [0.25, 0.3) is 0 Å². The van der Waals surface area contributed by atoms with Crippen molar-refractivity contribution in [2.45, 2.75) is 51.9 Å². The zero-order valence-electron chi connectivity index (χ0n) is 12.4. The van der Waals surface area contributed by atoms with Gasteiger partial charge in [-0.2, -0.15) is 0 Å². The van der Waals surface area contributed by atoms with E-state index in [0.29, 0.717) is 19.5 Å². The molecule has 2 amide bonds. The van der Waals surface area contributed by atoms with Crippen molar-refractivity contribution in [1.29, 1.82) is 0 Å². The topological polar surface area (TPSA) is 69.6 Å². The molecule has 1 saturated carbocycles.